The van der Waals surface area contributed by atoms with E-state index in [1.54, 1.807) is 4.88 Å². The summed E-state index contributed by atoms with van der Waals surface area (Å²) in [6, 6.07) is 6.20. The van der Waals surface area contributed by atoms with Gasteiger partial charge in [-0.05, 0) is 37.0 Å². The Balaban J connectivity index is 2.46. The van der Waals surface area contributed by atoms with Crippen LogP contribution in [0.25, 0.3) is 10.1 Å². The van der Waals surface area contributed by atoms with Crippen LogP contribution in [0.1, 0.15) is 16.9 Å². The van der Waals surface area contributed by atoms with Gasteiger partial charge in [-0.3, -0.25) is 0 Å². The third-order valence-electron chi connectivity index (χ3n) is 2.68. The largest absolute Gasteiger partial charge is 0.140 e. The number of aryl methyl sites for hydroxylation is 2. The summed E-state index contributed by atoms with van der Waals surface area (Å²) in [5, 5.41) is 2.25. The van der Waals surface area contributed by atoms with Gasteiger partial charge in [0.1, 0.15) is 0 Å². The fraction of sp³-hybridized carbons (Fsp3) is 0.273. The predicted molar refractivity (Wildman–Crippen MR) is 58.9 cm³/mol. The first kappa shape index (κ1) is 7.84. The molecule has 0 nitrogen and oxygen atoms in total. The van der Waals surface area contributed by atoms with Crippen LogP contribution >= 0.6 is 22.9 Å². The van der Waals surface area contributed by atoms with Crippen molar-refractivity contribution >= 4 is 33.0 Å². The molecule has 13 heavy (non-hydrogen) atoms. The van der Waals surface area contributed by atoms with Crippen molar-refractivity contribution < 1.29 is 0 Å². The van der Waals surface area contributed by atoms with E-state index in [1.165, 1.54) is 34.9 Å². The highest BCUT2D eigenvalue weighted by molar-refractivity contribution is 7.19. The van der Waals surface area contributed by atoms with E-state index in [4.69, 9.17) is 11.6 Å². The van der Waals surface area contributed by atoms with Crippen LogP contribution in [-0.4, -0.2) is 0 Å². The summed E-state index contributed by atoms with van der Waals surface area (Å²) in [7, 11) is 0. The highest BCUT2D eigenvalue weighted by Crippen LogP contribution is 2.40. The molecule has 0 bridgehead atoms. The molecule has 1 aliphatic rings. The Bertz CT molecular complexity index is 470. The van der Waals surface area contributed by atoms with Crippen LogP contribution in [0.5, 0.6) is 0 Å². The van der Waals surface area contributed by atoms with Crippen molar-refractivity contribution in [3.63, 3.8) is 0 Å². The third-order valence-corrected chi connectivity index (χ3v) is 4.25. The standard InChI is InChI=1S/C11H9ClS/c12-8-4-2-6-10-11(8)7-3-1-5-9(7)13-10/h2,4,6H,1,3,5H2. The minimum Gasteiger partial charge on any atom is -0.140 e. The molecule has 1 aromatic heterocycles. The van der Waals surface area contributed by atoms with Crippen LogP contribution in [0.3, 0.4) is 0 Å². The zero-order chi connectivity index (χ0) is 8.84. The summed E-state index contributed by atoms with van der Waals surface area (Å²) in [6.07, 6.45) is 3.78. The smallest absolute Gasteiger partial charge is 0.0495 e. The van der Waals surface area contributed by atoms with Crippen molar-refractivity contribution in [2.24, 2.45) is 0 Å². The number of thiophene rings is 1. The molecule has 0 N–H and O–H groups in total. The van der Waals surface area contributed by atoms with E-state index >= 15 is 0 Å². The van der Waals surface area contributed by atoms with Crippen LogP contribution in [0.4, 0.5) is 0 Å². The number of hydrogen-bond donors (Lipinski definition) is 0. The van der Waals surface area contributed by atoms with Crippen LogP contribution in [0.2, 0.25) is 5.02 Å². The average Bonchev–Trinajstić information content (AvgIpc) is 2.62. The lowest BCUT2D eigenvalue weighted by Gasteiger charge is -1.95. The Morgan fingerprint density at radius 1 is 1.23 bits per heavy atom. The van der Waals surface area contributed by atoms with E-state index in [2.05, 4.69) is 6.07 Å². The first-order valence-electron chi connectivity index (χ1n) is 4.55. The summed E-state index contributed by atoms with van der Waals surface area (Å²) in [4.78, 5) is 1.56. The minimum absolute atomic E-state index is 0.928. The second kappa shape index (κ2) is 2.73. The second-order valence-electron chi connectivity index (χ2n) is 3.47. The van der Waals surface area contributed by atoms with E-state index in [1.807, 2.05) is 23.5 Å². The van der Waals surface area contributed by atoms with E-state index < -0.39 is 0 Å². The molecule has 0 saturated carbocycles. The molecule has 1 heterocycles. The number of benzene rings is 1. The zero-order valence-corrected chi connectivity index (χ0v) is 8.71. The predicted octanol–water partition coefficient (Wildman–Crippen LogP) is 4.04. The van der Waals surface area contributed by atoms with Crippen molar-refractivity contribution in [2.75, 3.05) is 0 Å². The normalized spacial score (nSPS) is 15.2. The second-order valence-corrected chi connectivity index (χ2v) is 5.01. The van der Waals surface area contributed by atoms with Gasteiger partial charge in [-0.25, -0.2) is 0 Å². The lowest BCUT2D eigenvalue weighted by atomic mass is 10.1. The van der Waals surface area contributed by atoms with Gasteiger partial charge in [0, 0.05) is 20.0 Å². The quantitative estimate of drug-likeness (QED) is 0.613. The average molecular weight is 209 g/mol. The summed E-state index contributed by atoms with van der Waals surface area (Å²) in [5.41, 5.74) is 1.52. The van der Waals surface area contributed by atoms with E-state index in [-0.39, 0.29) is 0 Å². The molecule has 66 valence electrons. The third kappa shape index (κ3) is 1.04. The van der Waals surface area contributed by atoms with Gasteiger partial charge < -0.3 is 0 Å². The van der Waals surface area contributed by atoms with Crippen LogP contribution < -0.4 is 0 Å². The van der Waals surface area contributed by atoms with Crippen LogP contribution in [0.15, 0.2) is 18.2 Å². The first-order chi connectivity index (χ1) is 6.36. The maximum absolute atomic E-state index is 6.19. The Morgan fingerprint density at radius 3 is 3.08 bits per heavy atom. The van der Waals surface area contributed by atoms with Crippen molar-refractivity contribution in [3.05, 3.63) is 33.7 Å². The van der Waals surface area contributed by atoms with Crippen LogP contribution in [0, 0.1) is 0 Å². The lowest BCUT2D eigenvalue weighted by molar-refractivity contribution is 0.917. The number of hydrogen-bond acceptors (Lipinski definition) is 1. The molecule has 1 aliphatic carbocycles. The molecule has 0 fully saturated rings. The topological polar surface area (TPSA) is 0 Å². The number of halogens is 1. The fourth-order valence-electron chi connectivity index (χ4n) is 2.11. The summed E-state index contributed by atoms with van der Waals surface area (Å²) < 4.78 is 1.36. The van der Waals surface area contributed by atoms with Crippen molar-refractivity contribution in [2.45, 2.75) is 19.3 Å². The zero-order valence-electron chi connectivity index (χ0n) is 7.14. The Labute approximate surface area is 86.1 Å². The van der Waals surface area contributed by atoms with Crippen LogP contribution in [-0.2, 0) is 12.8 Å². The SMILES string of the molecule is Clc1cccc2sc3c(c12)CCC3. The van der Waals surface area contributed by atoms with Gasteiger partial charge in [0.15, 0.2) is 0 Å². The van der Waals surface area contributed by atoms with Gasteiger partial charge in [0.2, 0.25) is 0 Å². The fourth-order valence-corrected chi connectivity index (χ4v) is 3.77. The van der Waals surface area contributed by atoms with Crippen molar-refractivity contribution in [3.8, 4) is 0 Å². The molecular weight excluding hydrogens is 200 g/mol. The van der Waals surface area contributed by atoms with Gasteiger partial charge in [-0.1, -0.05) is 17.7 Å². The molecule has 0 radical (unpaired) electrons. The molecule has 0 unspecified atom stereocenters. The number of rotatable bonds is 0. The molecule has 2 heteroatoms. The molecule has 0 saturated heterocycles. The Morgan fingerprint density at radius 2 is 2.15 bits per heavy atom. The Kier molecular flexibility index (Phi) is 1.64. The van der Waals surface area contributed by atoms with E-state index in [0.717, 1.165) is 5.02 Å². The molecular formula is C11H9ClS. The highest BCUT2D eigenvalue weighted by Gasteiger charge is 2.18. The van der Waals surface area contributed by atoms with Crippen molar-refractivity contribution in [1.29, 1.82) is 0 Å². The molecule has 0 atom stereocenters. The molecule has 0 spiro atoms. The maximum Gasteiger partial charge on any atom is 0.0495 e. The van der Waals surface area contributed by atoms with Gasteiger partial charge in [0.25, 0.3) is 0 Å². The molecule has 2 aromatic rings. The molecule has 0 amide bonds. The number of fused-ring (bicyclic) bond motifs is 3. The van der Waals surface area contributed by atoms with Gasteiger partial charge in [0.05, 0.1) is 0 Å². The van der Waals surface area contributed by atoms with Gasteiger partial charge in [-0.15, -0.1) is 11.3 Å². The molecule has 1 aromatic carbocycles. The van der Waals surface area contributed by atoms with E-state index in [0.29, 0.717) is 0 Å². The molecule has 0 aliphatic heterocycles. The van der Waals surface area contributed by atoms with Crippen molar-refractivity contribution in [1.82, 2.24) is 0 Å². The lowest BCUT2D eigenvalue weighted by Crippen LogP contribution is -1.75. The summed E-state index contributed by atoms with van der Waals surface area (Å²) in [6.45, 7) is 0. The highest BCUT2D eigenvalue weighted by atomic mass is 35.5. The summed E-state index contributed by atoms with van der Waals surface area (Å²) in [5.74, 6) is 0. The van der Waals surface area contributed by atoms with Gasteiger partial charge in [-0.2, -0.15) is 0 Å². The maximum atomic E-state index is 6.19. The Hall–Kier alpha value is -0.530. The monoisotopic (exact) mass is 208 g/mol. The minimum atomic E-state index is 0.928. The summed E-state index contributed by atoms with van der Waals surface area (Å²) >= 11 is 8.10. The van der Waals surface area contributed by atoms with E-state index in [9.17, 15) is 0 Å². The molecule has 3 rings (SSSR count). The first-order valence-corrected chi connectivity index (χ1v) is 5.74. The van der Waals surface area contributed by atoms with Gasteiger partial charge >= 0.3 is 0 Å².